The van der Waals surface area contributed by atoms with Gasteiger partial charge in [-0.25, -0.2) is 0 Å². The zero-order valence-electron chi connectivity index (χ0n) is 11.3. The maximum atomic E-state index is 12.7. The van der Waals surface area contributed by atoms with Crippen LogP contribution in [0.4, 0.5) is 13.2 Å². The lowest BCUT2D eigenvalue weighted by Crippen LogP contribution is -2.39. The predicted molar refractivity (Wildman–Crippen MR) is 70.7 cm³/mol. The maximum Gasteiger partial charge on any atom is 0.433 e. The van der Waals surface area contributed by atoms with Gasteiger partial charge in [-0.05, 0) is 24.3 Å². The third kappa shape index (κ3) is 3.11. The number of aryl methyl sites for hydroxylation is 1. The first-order chi connectivity index (χ1) is 9.30. The van der Waals surface area contributed by atoms with Crippen LogP contribution in [0.15, 0.2) is 6.07 Å². The summed E-state index contributed by atoms with van der Waals surface area (Å²) in [6.45, 7) is 0. The van der Waals surface area contributed by atoms with Crippen LogP contribution in [0.1, 0.15) is 29.0 Å². The van der Waals surface area contributed by atoms with E-state index >= 15 is 0 Å². The molecule has 20 heavy (non-hydrogen) atoms. The van der Waals surface area contributed by atoms with Crippen LogP contribution in [0.5, 0.6) is 0 Å². The Labute approximate surface area is 119 Å². The van der Waals surface area contributed by atoms with Gasteiger partial charge in [-0.15, -0.1) is 0 Å². The summed E-state index contributed by atoms with van der Waals surface area (Å²) in [6.07, 6.45) is -2.77. The standard InChI is InChI=1S/C12H16F3N3OS/c1-17(8-3-5-20-6-4-8)11(19)9-7-10(12(13,14)15)18(2)16-9/h7-8H,3-6H2,1-2H3. The van der Waals surface area contributed by atoms with Crippen molar-refractivity contribution in [2.75, 3.05) is 18.6 Å². The SMILES string of the molecule is CN(C(=O)c1cc(C(F)(F)F)n(C)n1)C1CCSCC1. The van der Waals surface area contributed by atoms with E-state index in [-0.39, 0.29) is 11.7 Å². The highest BCUT2D eigenvalue weighted by Crippen LogP contribution is 2.30. The molecule has 0 atom stereocenters. The monoisotopic (exact) mass is 307 g/mol. The molecule has 2 rings (SSSR count). The molecule has 0 spiro atoms. The van der Waals surface area contributed by atoms with E-state index in [0.29, 0.717) is 4.68 Å². The first kappa shape index (κ1) is 15.2. The highest BCUT2D eigenvalue weighted by molar-refractivity contribution is 7.99. The summed E-state index contributed by atoms with van der Waals surface area (Å²) in [7, 11) is 2.82. The van der Waals surface area contributed by atoms with E-state index in [2.05, 4.69) is 5.10 Å². The molecule has 1 aliphatic heterocycles. The van der Waals surface area contributed by atoms with Crippen molar-refractivity contribution in [3.05, 3.63) is 17.5 Å². The normalized spacial score (nSPS) is 17.2. The van der Waals surface area contributed by atoms with Crippen LogP contribution in [0, 0.1) is 0 Å². The van der Waals surface area contributed by atoms with Crippen molar-refractivity contribution in [1.29, 1.82) is 0 Å². The van der Waals surface area contributed by atoms with E-state index in [9.17, 15) is 18.0 Å². The van der Waals surface area contributed by atoms with Crippen molar-refractivity contribution in [3.63, 3.8) is 0 Å². The smallest absolute Gasteiger partial charge is 0.337 e. The Kier molecular flexibility index (Phi) is 4.31. The van der Waals surface area contributed by atoms with Crippen molar-refractivity contribution in [2.45, 2.75) is 25.1 Å². The number of amides is 1. The maximum absolute atomic E-state index is 12.7. The summed E-state index contributed by atoms with van der Waals surface area (Å²) in [6, 6.07) is 0.899. The van der Waals surface area contributed by atoms with Crippen LogP contribution in [-0.2, 0) is 13.2 Å². The molecular weight excluding hydrogens is 291 g/mol. The number of carbonyl (C=O) groups is 1. The molecule has 1 fully saturated rings. The van der Waals surface area contributed by atoms with Gasteiger partial charge in [0.15, 0.2) is 5.69 Å². The van der Waals surface area contributed by atoms with Crippen LogP contribution >= 0.6 is 11.8 Å². The summed E-state index contributed by atoms with van der Waals surface area (Å²) in [5, 5.41) is 3.69. The Hall–Kier alpha value is -1.18. The molecule has 0 saturated carbocycles. The lowest BCUT2D eigenvalue weighted by atomic mass is 10.1. The fourth-order valence-corrected chi connectivity index (χ4v) is 3.34. The average Bonchev–Trinajstić information content (AvgIpc) is 2.80. The number of carbonyl (C=O) groups excluding carboxylic acids is 1. The number of halogens is 3. The third-order valence-corrected chi connectivity index (χ3v) is 4.50. The summed E-state index contributed by atoms with van der Waals surface area (Å²) >= 11 is 1.83. The number of nitrogens with zero attached hydrogens (tertiary/aromatic N) is 3. The third-order valence-electron chi connectivity index (χ3n) is 3.45. The average molecular weight is 307 g/mol. The summed E-state index contributed by atoms with van der Waals surface area (Å²) in [5.41, 5.74) is -1.06. The van der Waals surface area contributed by atoms with E-state index in [4.69, 9.17) is 0 Å². The molecule has 8 heteroatoms. The molecule has 0 aliphatic carbocycles. The van der Waals surface area contributed by atoms with Crippen molar-refractivity contribution in [3.8, 4) is 0 Å². The van der Waals surface area contributed by atoms with Crippen LogP contribution in [-0.4, -0.2) is 45.2 Å². The number of aromatic nitrogens is 2. The molecule has 1 saturated heterocycles. The Morgan fingerprint density at radius 2 is 2.05 bits per heavy atom. The second-order valence-electron chi connectivity index (χ2n) is 4.80. The van der Waals surface area contributed by atoms with Crippen LogP contribution in [0.2, 0.25) is 0 Å². The van der Waals surface area contributed by atoms with E-state index in [1.165, 1.54) is 11.9 Å². The Morgan fingerprint density at radius 3 is 2.55 bits per heavy atom. The minimum atomic E-state index is -4.50. The summed E-state index contributed by atoms with van der Waals surface area (Å²) in [5.74, 6) is 1.49. The van der Waals surface area contributed by atoms with Gasteiger partial charge >= 0.3 is 6.18 Å². The van der Waals surface area contributed by atoms with Gasteiger partial charge in [0.1, 0.15) is 5.69 Å². The van der Waals surface area contributed by atoms with Gasteiger partial charge in [0, 0.05) is 26.2 Å². The molecule has 1 aliphatic rings. The number of hydrogen-bond acceptors (Lipinski definition) is 3. The summed E-state index contributed by atoms with van der Waals surface area (Å²) in [4.78, 5) is 13.7. The van der Waals surface area contributed by atoms with Crippen molar-refractivity contribution in [1.82, 2.24) is 14.7 Å². The Bertz CT molecular complexity index is 495. The van der Waals surface area contributed by atoms with Gasteiger partial charge < -0.3 is 4.90 Å². The molecule has 4 nitrogen and oxygen atoms in total. The minimum absolute atomic E-state index is 0.0834. The first-order valence-corrected chi connectivity index (χ1v) is 7.42. The molecule has 0 bridgehead atoms. The van der Waals surface area contributed by atoms with Crippen molar-refractivity contribution < 1.29 is 18.0 Å². The van der Waals surface area contributed by atoms with Crippen LogP contribution < -0.4 is 0 Å². The molecule has 0 radical (unpaired) electrons. The largest absolute Gasteiger partial charge is 0.433 e. The summed E-state index contributed by atoms with van der Waals surface area (Å²) < 4.78 is 38.8. The Balaban J connectivity index is 2.16. The first-order valence-electron chi connectivity index (χ1n) is 6.27. The molecule has 0 unspecified atom stereocenters. The second-order valence-corrected chi connectivity index (χ2v) is 6.02. The lowest BCUT2D eigenvalue weighted by molar-refractivity contribution is -0.143. The highest BCUT2D eigenvalue weighted by atomic mass is 32.2. The van der Waals surface area contributed by atoms with E-state index < -0.39 is 17.8 Å². The van der Waals surface area contributed by atoms with Gasteiger partial charge in [-0.1, -0.05) is 0 Å². The molecule has 1 amide bonds. The zero-order valence-corrected chi connectivity index (χ0v) is 12.1. The number of hydrogen-bond donors (Lipinski definition) is 0. The van der Waals surface area contributed by atoms with Crippen LogP contribution in [0.3, 0.4) is 0 Å². The highest BCUT2D eigenvalue weighted by Gasteiger charge is 2.36. The molecule has 0 aromatic carbocycles. The molecule has 1 aromatic heterocycles. The molecule has 112 valence electrons. The van der Waals surface area contributed by atoms with Crippen molar-refractivity contribution in [2.24, 2.45) is 7.05 Å². The zero-order chi connectivity index (χ0) is 14.9. The van der Waals surface area contributed by atoms with E-state index in [0.717, 1.165) is 30.4 Å². The molecule has 0 N–H and O–H groups in total. The Morgan fingerprint density at radius 1 is 1.45 bits per heavy atom. The molecule has 2 heterocycles. The fourth-order valence-electron chi connectivity index (χ4n) is 2.26. The van der Waals surface area contributed by atoms with Crippen LogP contribution in [0.25, 0.3) is 0 Å². The van der Waals surface area contributed by atoms with Gasteiger partial charge in [-0.2, -0.15) is 30.0 Å². The van der Waals surface area contributed by atoms with Gasteiger partial charge in [0.05, 0.1) is 0 Å². The number of rotatable bonds is 2. The van der Waals surface area contributed by atoms with Crippen molar-refractivity contribution >= 4 is 17.7 Å². The lowest BCUT2D eigenvalue weighted by Gasteiger charge is -2.30. The van der Waals surface area contributed by atoms with Gasteiger partial charge in [0.2, 0.25) is 0 Å². The van der Waals surface area contributed by atoms with E-state index in [1.807, 2.05) is 11.8 Å². The molecular formula is C12H16F3N3OS. The quantitative estimate of drug-likeness (QED) is 0.842. The van der Waals surface area contributed by atoms with Gasteiger partial charge in [0.25, 0.3) is 5.91 Å². The number of alkyl halides is 3. The van der Waals surface area contributed by atoms with Gasteiger partial charge in [-0.3, -0.25) is 9.48 Å². The second kappa shape index (κ2) is 5.67. The number of thioether (sulfide) groups is 1. The fraction of sp³-hybridized carbons (Fsp3) is 0.667. The topological polar surface area (TPSA) is 38.1 Å². The molecule has 1 aromatic rings. The van der Waals surface area contributed by atoms with E-state index in [1.54, 1.807) is 7.05 Å². The minimum Gasteiger partial charge on any atom is -0.337 e. The predicted octanol–water partition coefficient (Wildman–Crippen LogP) is 2.41.